The minimum atomic E-state index is -2.77. The summed E-state index contributed by atoms with van der Waals surface area (Å²) in [7, 11) is -2.77. The van der Waals surface area contributed by atoms with Gasteiger partial charge in [-0.1, -0.05) is 0 Å². The maximum Gasteiger partial charge on any atom is 0.150 e. The zero-order valence-corrected chi connectivity index (χ0v) is 12.7. The monoisotopic (exact) mass is 285 g/mol. The van der Waals surface area contributed by atoms with Crippen LogP contribution in [0.1, 0.15) is 31.2 Å². The molecular formula is C13H23N3O2S. The van der Waals surface area contributed by atoms with Crippen molar-refractivity contribution in [1.82, 2.24) is 15.1 Å². The Morgan fingerprint density at radius 3 is 2.58 bits per heavy atom. The highest BCUT2D eigenvalue weighted by Crippen LogP contribution is 2.13. The van der Waals surface area contributed by atoms with Crippen LogP contribution in [0.25, 0.3) is 0 Å². The highest BCUT2D eigenvalue weighted by molar-refractivity contribution is 7.91. The summed E-state index contributed by atoms with van der Waals surface area (Å²) >= 11 is 0. The van der Waals surface area contributed by atoms with E-state index in [2.05, 4.69) is 30.3 Å². The van der Waals surface area contributed by atoms with Gasteiger partial charge in [-0.2, -0.15) is 5.10 Å². The first-order valence-corrected chi connectivity index (χ1v) is 8.65. The molecule has 0 amide bonds. The van der Waals surface area contributed by atoms with Crippen LogP contribution in [0.15, 0.2) is 6.07 Å². The number of aryl methyl sites for hydroxylation is 2. The number of sulfone groups is 1. The largest absolute Gasteiger partial charge is 0.310 e. The molecule has 2 heterocycles. The predicted octanol–water partition coefficient (Wildman–Crippen LogP) is 1.06. The smallest absolute Gasteiger partial charge is 0.150 e. The van der Waals surface area contributed by atoms with Crippen LogP contribution in [-0.4, -0.2) is 41.8 Å². The van der Waals surface area contributed by atoms with E-state index < -0.39 is 9.84 Å². The first-order valence-electron chi connectivity index (χ1n) is 6.83. The van der Waals surface area contributed by atoms with Crippen LogP contribution < -0.4 is 5.32 Å². The van der Waals surface area contributed by atoms with Gasteiger partial charge in [-0.25, -0.2) is 8.42 Å². The van der Waals surface area contributed by atoms with E-state index >= 15 is 0 Å². The number of aromatic nitrogens is 2. The molecule has 1 aliphatic rings. The second-order valence-electron chi connectivity index (χ2n) is 5.60. The van der Waals surface area contributed by atoms with Crippen LogP contribution in [0.3, 0.4) is 0 Å². The fraction of sp³-hybridized carbons (Fsp3) is 0.769. The molecule has 0 aromatic carbocycles. The highest BCUT2D eigenvalue weighted by atomic mass is 32.2. The number of nitrogens with zero attached hydrogens (tertiary/aromatic N) is 2. The van der Waals surface area contributed by atoms with Crippen LogP contribution in [0.2, 0.25) is 0 Å². The molecule has 1 fully saturated rings. The van der Waals surface area contributed by atoms with E-state index in [4.69, 9.17) is 0 Å². The maximum atomic E-state index is 11.4. The second-order valence-corrected chi connectivity index (χ2v) is 7.91. The van der Waals surface area contributed by atoms with Gasteiger partial charge in [-0.15, -0.1) is 0 Å². The predicted molar refractivity (Wildman–Crippen MR) is 76.0 cm³/mol. The van der Waals surface area contributed by atoms with Crippen LogP contribution >= 0.6 is 0 Å². The third-order valence-corrected chi connectivity index (χ3v) is 5.34. The van der Waals surface area contributed by atoms with Gasteiger partial charge in [-0.3, -0.25) is 4.68 Å². The van der Waals surface area contributed by atoms with Gasteiger partial charge < -0.3 is 5.32 Å². The third kappa shape index (κ3) is 4.04. The number of nitrogens with one attached hydrogen (secondary N) is 1. The van der Waals surface area contributed by atoms with Gasteiger partial charge in [0.25, 0.3) is 0 Å². The number of hydrogen-bond donors (Lipinski definition) is 1. The summed E-state index contributed by atoms with van der Waals surface area (Å²) in [6.45, 7) is 7.00. The summed E-state index contributed by atoms with van der Waals surface area (Å²) in [6.07, 6.45) is 1.45. The minimum absolute atomic E-state index is 0.295. The lowest BCUT2D eigenvalue weighted by molar-refractivity contribution is 0.371. The van der Waals surface area contributed by atoms with Gasteiger partial charge in [0.1, 0.15) is 9.84 Å². The lowest BCUT2D eigenvalue weighted by atomic mass is 10.1. The van der Waals surface area contributed by atoms with Gasteiger partial charge >= 0.3 is 0 Å². The van der Waals surface area contributed by atoms with Gasteiger partial charge in [0.05, 0.1) is 23.7 Å². The summed E-state index contributed by atoms with van der Waals surface area (Å²) in [4.78, 5) is 0. The molecule has 1 saturated heterocycles. The molecule has 6 heteroatoms. The van der Waals surface area contributed by atoms with E-state index in [1.165, 1.54) is 0 Å². The molecule has 0 aliphatic carbocycles. The van der Waals surface area contributed by atoms with Crippen LogP contribution in [0, 0.1) is 13.8 Å². The SMILES string of the molecule is Cc1cc(C)n(C[C@@H](C)NC2CCS(=O)(=O)CC2)n1. The molecule has 0 spiro atoms. The lowest BCUT2D eigenvalue weighted by Crippen LogP contribution is -2.43. The number of rotatable bonds is 4. The Labute approximate surface area is 115 Å². The van der Waals surface area contributed by atoms with Crippen LogP contribution in [-0.2, 0) is 16.4 Å². The summed E-state index contributed by atoms with van der Waals surface area (Å²) < 4.78 is 24.8. The van der Waals surface area contributed by atoms with Crippen molar-refractivity contribution in [1.29, 1.82) is 0 Å². The molecular weight excluding hydrogens is 262 g/mol. The molecule has 0 bridgehead atoms. The topological polar surface area (TPSA) is 64.0 Å². The normalized spacial score (nSPS) is 21.4. The lowest BCUT2D eigenvalue weighted by Gasteiger charge is -2.26. The van der Waals surface area contributed by atoms with Gasteiger partial charge in [-0.05, 0) is 39.7 Å². The molecule has 1 atom stereocenters. The Kier molecular flexibility index (Phi) is 4.30. The average molecular weight is 285 g/mol. The van der Waals surface area contributed by atoms with Crippen molar-refractivity contribution >= 4 is 9.84 Å². The molecule has 108 valence electrons. The Morgan fingerprint density at radius 2 is 2.05 bits per heavy atom. The molecule has 2 rings (SSSR count). The van der Waals surface area contributed by atoms with Crippen molar-refractivity contribution in [3.05, 3.63) is 17.5 Å². The van der Waals surface area contributed by atoms with Crippen molar-refractivity contribution in [3.63, 3.8) is 0 Å². The number of hydrogen-bond acceptors (Lipinski definition) is 4. The third-order valence-electron chi connectivity index (χ3n) is 3.63. The summed E-state index contributed by atoms with van der Waals surface area (Å²) in [5, 5.41) is 7.96. The van der Waals surface area contributed by atoms with Gasteiger partial charge in [0.2, 0.25) is 0 Å². The molecule has 5 nitrogen and oxygen atoms in total. The summed E-state index contributed by atoms with van der Waals surface area (Å²) in [5.74, 6) is 0.634. The van der Waals surface area contributed by atoms with Crippen molar-refractivity contribution < 1.29 is 8.42 Å². The van der Waals surface area contributed by atoms with Crippen molar-refractivity contribution in [2.75, 3.05) is 11.5 Å². The zero-order chi connectivity index (χ0) is 14.0. The Bertz CT molecular complexity index is 522. The Balaban J connectivity index is 1.85. The molecule has 0 unspecified atom stereocenters. The van der Waals surface area contributed by atoms with E-state index in [1.54, 1.807) is 0 Å². The first kappa shape index (κ1) is 14.5. The van der Waals surface area contributed by atoms with Crippen molar-refractivity contribution in [2.24, 2.45) is 0 Å². The molecule has 19 heavy (non-hydrogen) atoms. The maximum absolute atomic E-state index is 11.4. The summed E-state index contributed by atoms with van der Waals surface area (Å²) in [5.41, 5.74) is 2.20. The van der Waals surface area contributed by atoms with Crippen molar-refractivity contribution in [3.8, 4) is 0 Å². The van der Waals surface area contributed by atoms with E-state index in [0.29, 0.717) is 23.6 Å². The quantitative estimate of drug-likeness (QED) is 0.898. The molecule has 1 aromatic heterocycles. The van der Waals surface area contributed by atoms with E-state index in [9.17, 15) is 8.42 Å². The van der Waals surface area contributed by atoms with E-state index in [1.807, 2.05) is 11.6 Å². The van der Waals surface area contributed by atoms with Crippen LogP contribution in [0.5, 0.6) is 0 Å². The van der Waals surface area contributed by atoms with Crippen molar-refractivity contribution in [2.45, 2.75) is 52.2 Å². The molecule has 1 N–H and O–H groups in total. The molecule has 1 aliphatic heterocycles. The fourth-order valence-electron chi connectivity index (χ4n) is 2.63. The molecule has 0 radical (unpaired) electrons. The fourth-order valence-corrected chi connectivity index (χ4v) is 4.12. The van der Waals surface area contributed by atoms with Gasteiger partial charge in [0.15, 0.2) is 0 Å². The van der Waals surface area contributed by atoms with E-state index in [0.717, 1.165) is 30.8 Å². The van der Waals surface area contributed by atoms with Crippen LogP contribution in [0.4, 0.5) is 0 Å². The van der Waals surface area contributed by atoms with E-state index in [-0.39, 0.29) is 0 Å². The standard InChI is InChI=1S/C13H23N3O2S/c1-10-8-12(3)16(15-10)9-11(2)14-13-4-6-19(17,18)7-5-13/h8,11,13-14H,4-7,9H2,1-3H3/t11-/m1/s1. The minimum Gasteiger partial charge on any atom is -0.310 e. The Morgan fingerprint density at radius 1 is 1.42 bits per heavy atom. The summed E-state index contributed by atoms with van der Waals surface area (Å²) in [6, 6.07) is 2.68. The highest BCUT2D eigenvalue weighted by Gasteiger charge is 2.24. The first-order chi connectivity index (χ1) is 8.85. The second kappa shape index (κ2) is 5.63. The molecule has 1 aromatic rings. The zero-order valence-electron chi connectivity index (χ0n) is 11.9. The van der Waals surface area contributed by atoms with Gasteiger partial charge in [0, 0.05) is 17.8 Å². The average Bonchev–Trinajstić information content (AvgIpc) is 2.60. The molecule has 0 saturated carbocycles. The Hall–Kier alpha value is -0.880.